The van der Waals surface area contributed by atoms with E-state index in [4.69, 9.17) is 5.73 Å². The average molecular weight is 178 g/mol. The van der Waals surface area contributed by atoms with Gasteiger partial charge in [0.25, 0.3) is 0 Å². The fourth-order valence-corrected chi connectivity index (χ4v) is 1.41. The van der Waals surface area contributed by atoms with Gasteiger partial charge in [0, 0.05) is 18.8 Å². The quantitative estimate of drug-likeness (QED) is 0.670. The SMILES string of the molecule is C=C/C(N)=C\C=C\N1CCCCC1. The van der Waals surface area contributed by atoms with E-state index in [0.29, 0.717) is 5.70 Å². The van der Waals surface area contributed by atoms with Crippen LogP contribution in [0.15, 0.2) is 36.7 Å². The highest BCUT2D eigenvalue weighted by molar-refractivity contribution is 5.18. The van der Waals surface area contributed by atoms with E-state index >= 15 is 0 Å². The van der Waals surface area contributed by atoms with Crippen LogP contribution < -0.4 is 5.73 Å². The minimum Gasteiger partial charge on any atom is -0.399 e. The summed E-state index contributed by atoms with van der Waals surface area (Å²) in [7, 11) is 0. The first-order valence-electron chi connectivity index (χ1n) is 4.83. The summed E-state index contributed by atoms with van der Waals surface area (Å²) in [5.41, 5.74) is 6.28. The molecule has 2 nitrogen and oxygen atoms in total. The highest BCUT2D eigenvalue weighted by atomic mass is 15.1. The van der Waals surface area contributed by atoms with Crippen LogP contribution in [-0.2, 0) is 0 Å². The molecule has 0 aromatic rings. The Labute approximate surface area is 80.4 Å². The third-order valence-electron chi connectivity index (χ3n) is 2.21. The highest BCUT2D eigenvalue weighted by Gasteiger charge is 2.03. The van der Waals surface area contributed by atoms with Crippen molar-refractivity contribution in [1.29, 1.82) is 0 Å². The lowest BCUT2D eigenvalue weighted by molar-refractivity contribution is 0.309. The molecular formula is C11H18N2. The van der Waals surface area contributed by atoms with Crippen LogP contribution in [0.3, 0.4) is 0 Å². The summed E-state index contributed by atoms with van der Waals surface area (Å²) in [5.74, 6) is 0. The van der Waals surface area contributed by atoms with Crippen molar-refractivity contribution in [3.63, 3.8) is 0 Å². The molecule has 72 valence electrons. The maximum atomic E-state index is 5.56. The van der Waals surface area contributed by atoms with E-state index in [1.807, 2.05) is 12.2 Å². The zero-order chi connectivity index (χ0) is 9.52. The highest BCUT2D eigenvalue weighted by Crippen LogP contribution is 2.08. The molecule has 1 heterocycles. The van der Waals surface area contributed by atoms with Crippen LogP contribution in [0.4, 0.5) is 0 Å². The first kappa shape index (κ1) is 9.90. The second-order valence-electron chi connectivity index (χ2n) is 3.31. The summed E-state index contributed by atoms with van der Waals surface area (Å²) in [6.07, 6.45) is 11.6. The molecule has 13 heavy (non-hydrogen) atoms. The molecule has 2 N–H and O–H groups in total. The summed E-state index contributed by atoms with van der Waals surface area (Å²) < 4.78 is 0. The Balaban J connectivity index is 2.33. The van der Waals surface area contributed by atoms with Crippen LogP contribution in [0.2, 0.25) is 0 Å². The Morgan fingerprint density at radius 1 is 1.23 bits per heavy atom. The predicted octanol–water partition coefficient (Wildman–Crippen LogP) is 2.01. The third-order valence-corrected chi connectivity index (χ3v) is 2.21. The predicted molar refractivity (Wildman–Crippen MR) is 57.0 cm³/mol. The molecule has 0 aliphatic carbocycles. The number of hydrogen-bond acceptors (Lipinski definition) is 2. The van der Waals surface area contributed by atoms with Gasteiger partial charge in [0.15, 0.2) is 0 Å². The van der Waals surface area contributed by atoms with Gasteiger partial charge < -0.3 is 10.6 Å². The lowest BCUT2D eigenvalue weighted by Crippen LogP contribution is -2.23. The molecule has 1 aliphatic rings. The Bertz CT molecular complexity index is 210. The molecule has 0 aromatic carbocycles. The number of hydrogen-bond donors (Lipinski definition) is 1. The average Bonchev–Trinajstić information content (AvgIpc) is 2.19. The van der Waals surface area contributed by atoms with Gasteiger partial charge in [-0.15, -0.1) is 0 Å². The minimum atomic E-state index is 0.716. The molecule has 1 rings (SSSR count). The van der Waals surface area contributed by atoms with Crippen LogP contribution in [0.1, 0.15) is 19.3 Å². The van der Waals surface area contributed by atoms with Crippen molar-refractivity contribution in [2.45, 2.75) is 19.3 Å². The van der Waals surface area contributed by atoms with E-state index in [0.717, 1.165) is 0 Å². The molecule has 2 heteroatoms. The summed E-state index contributed by atoms with van der Waals surface area (Å²) in [6.45, 7) is 5.94. The standard InChI is InChI=1S/C11H18N2/c1-2-11(12)7-6-10-13-8-4-3-5-9-13/h2,6-7,10H,1,3-5,8-9,12H2/b10-6+,11-7+. The smallest absolute Gasteiger partial charge is 0.0308 e. The maximum Gasteiger partial charge on any atom is 0.0308 e. The zero-order valence-corrected chi connectivity index (χ0v) is 8.08. The second-order valence-corrected chi connectivity index (χ2v) is 3.31. The monoisotopic (exact) mass is 178 g/mol. The van der Waals surface area contributed by atoms with Crippen LogP contribution in [-0.4, -0.2) is 18.0 Å². The first-order valence-corrected chi connectivity index (χ1v) is 4.83. The van der Waals surface area contributed by atoms with Gasteiger partial charge >= 0.3 is 0 Å². The molecule has 0 bridgehead atoms. The van der Waals surface area contributed by atoms with E-state index < -0.39 is 0 Å². The van der Waals surface area contributed by atoms with Gasteiger partial charge in [0.1, 0.15) is 0 Å². The second kappa shape index (κ2) is 5.46. The molecule has 0 amide bonds. The summed E-state index contributed by atoms with van der Waals surface area (Å²) in [5, 5.41) is 0. The molecule has 0 saturated carbocycles. The van der Waals surface area contributed by atoms with Crippen LogP contribution in [0, 0.1) is 0 Å². The van der Waals surface area contributed by atoms with Gasteiger partial charge in [-0.3, -0.25) is 0 Å². The molecule has 0 unspecified atom stereocenters. The van der Waals surface area contributed by atoms with Crippen LogP contribution in [0.25, 0.3) is 0 Å². The topological polar surface area (TPSA) is 29.3 Å². The van der Waals surface area contributed by atoms with Crippen molar-refractivity contribution in [2.75, 3.05) is 13.1 Å². The Morgan fingerprint density at radius 3 is 2.54 bits per heavy atom. The number of rotatable bonds is 3. The largest absolute Gasteiger partial charge is 0.399 e. The fourth-order valence-electron chi connectivity index (χ4n) is 1.41. The van der Waals surface area contributed by atoms with Crippen molar-refractivity contribution < 1.29 is 0 Å². The van der Waals surface area contributed by atoms with Crippen molar-refractivity contribution in [2.24, 2.45) is 5.73 Å². The van der Waals surface area contributed by atoms with Crippen LogP contribution >= 0.6 is 0 Å². The van der Waals surface area contributed by atoms with Gasteiger partial charge in [0.2, 0.25) is 0 Å². The van der Waals surface area contributed by atoms with Crippen LogP contribution in [0.5, 0.6) is 0 Å². The molecule has 1 fully saturated rings. The van der Waals surface area contributed by atoms with Gasteiger partial charge in [-0.05, 0) is 43.7 Å². The van der Waals surface area contributed by atoms with E-state index in [-0.39, 0.29) is 0 Å². The molecule has 0 radical (unpaired) electrons. The number of nitrogens with two attached hydrogens (primary N) is 1. The third kappa shape index (κ3) is 3.83. The summed E-state index contributed by atoms with van der Waals surface area (Å²) in [6, 6.07) is 0. The number of allylic oxidation sites excluding steroid dienone is 3. The molecule has 1 saturated heterocycles. The summed E-state index contributed by atoms with van der Waals surface area (Å²) >= 11 is 0. The van der Waals surface area contributed by atoms with Crippen molar-refractivity contribution in [1.82, 2.24) is 4.90 Å². The Kier molecular flexibility index (Phi) is 4.16. The lowest BCUT2D eigenvalue weighted by atomic mass is 10.1. The normalized spacial score (nSPS) is 19.4. The molecule has 0 spiro atoms. The zero-order valence-electron chi connectivity index (χ0n) is 8.08. The molecule has 0 aromatic heterocycles. The maximum absolute atomic E-state index is 5.56. The molecule has 0 atom stereocenters. The van der Waals surface area contributed by atoms with Gasteiger partial charge in [-0.1, -0.05) is 6.58 Å². The van der Waals surface area contributed by atoms with Gasteiger partial charge in [0.05, 0.1) is 0 Å². The van der Waals surface area contributed by atoms with Crippen molar-refractivity contribution >= 4 is 0 Å². The molecular weight excluding hydrogens is 160 g/mol. The van der Waals surface area contributed by atoms with Crippen molar-refractivity contribution in [3.05, 3.63) is 36.7 Å². The molecule has 1 aliphatic heterocycles. The van der Waals surface area contributed by atoms with Gasteiger partial charge in [-0.25, -0.2) is 0 Å². The number of nitrogens with zero attached hydrogens (tertiary/aromatic N) is 1. The minimum absolute atomic E-state index is 0.716. The van der Waals surface area contributed by atoms with Gasteiger partial charge in [-0.2, -0.15) is 0 Å². The van der Waals surface area contributed by atoms with E-state index in [1.165, 1.54) is 32.4 Å². The lowest BCUT2D eigenvalue weighted by Gasteiger charge is -2.24. The Hall–Kier alpha value is -1.18. The summed E-state index contributed by atoms with van der Waals surface area (Å²) in [4.78, 5) is 2.33. The number of likely N-dealkylation sites (tertiary alicyclic amines) is 1. The van der Waals surface area contributed by atoms with Crippen molar-refractivity contribution in [3.8, 4) is 0 Å². The van der Waals surface area contributed by atoms with E-state index in [2.05, 4.69) is 17.7 Å². The number of piperidine rings is 1. The first-order chi connectivity index (χ1) is 6.33. The van der Waals surface area contributed by atoms with E-state index in [1.54, 1.807) is 6.08 Å². The Morgan fingerprint density at radius 2 is 1.92 bits per heavy atom. The van der Waals surface area contributed by atoms with E-state index in [9.17, 15) is 0 Å². The fraction of sp³-hybridized carbons (Fsp3) is 0.455.